The summed E-state index contributed by atoms with van der Waals surface area (Å²) in [6.45, 7) is 13.6. The second-order valence-electron chi connectivity index (χ2n) is 15.1. The normalized spacial score (nSPS) is 20.7. The van der Waals surface area contributed by atoms with Gasteiger partial charge < -0.3 is 15.0 Å². The molecule has 3 heterocycles. The van der Waals surface area contributed by atoms with E-state index in [0.29, 0.717) is 71.8 Å². The molecule has 1 fully saturated rings. The molecule has 278 valence electrons. The number of pyridine rings is 1. The Labute approximate surface area is 321 Å². The van der Waals surface area contributed by atoms with Gasteiger partial charge in [-0.3, -0.25) is 19.7 Å². The molecular weight excluding hydrogens is 712 g/mol. The first-order valence-electron chi connectivity index (χ1n) is 18.0. The molecule has 1 N–H and O–H groups in total. The van der Waals surface area contributed by atoms with Crippen molar-refractivity contribution in [3.05, 3.63) is 123 Å². The fourth-order valence-electron chi connectivity index (χ4n) is 7.33. The summed E-state index contributed by atoms with van der Waals surface area (Å²) in [6.07, 6.45) is 3.35. The van der Waals surface area contributed by atoms with E-state index in [1.165, 1.54) is 12.1 Å². The van der Waals surface area contributed by atoms with Gasteiger partial charge in [-0.15, -0.1) is 0 Å². The van der Waals surface area contributed by atoms with E-state index in [2.05, 4.69) is 26.1 Å². The molecule has 3 amide bonds. The molecule has 3 aromatic carbocycles. The number of benzene rings is 3. The molecule has 0 aliphatic carbocycles. The van der Waals surface area contributed by atoms with E-state index in [1.54, 1.807) is 18.3 Å². The van der Waals surface area contributed by atoms with Gasteiger partial charge in [0.2, 0.25) is 5.91 Å². The summed E-state index contributed by atoms with van der Waals surface area (Å²) in [5.74, 6) is 0.612. The largest absolute Gasteiger partial charge is 0.493 e. The van der Waals surface area contributed by atoms with E-state index in [4.69, 9.17) is 37.9 Å². The van der Waals surface area contributed by atoms with Crippen LogP contribution in [0.3, 0.4) is 0 Å². The zero-order chi connectivity index (χ0) is 38.1. The summed E-state index contributed by atoms with van der Waals surface area (Å²) in [6, 6.07) is 22.6. The van der Waals surface area contributed by atoms with E-state index in [1.807, 2.05) is 85.2 Å². The molecule has 6 rings (SSSR count). The van der Waals surface area contributed by atoms with Crippen LogP contribution >= 0.6 is 23.2 Å². The molecule has 1 aromatic heterocycles. The minimum Gasteiger partial charge on any atom is -0.493 e. The first-order chi connectivity index (χ1) is 25.1. The van der Waals surface area contributed by atoms with Crippen LogP contribution in [0.1, 0.15) is 83.2 Å². The Morgan fingerprint density at radius 2 is 1.51 bits per heavy atom. The second kappa shape index (κ2) is 15.1. The molecule has 4 aromatic rings. The van der Waals surface area contributed by atoms with Gasteiger partial charge in [0.15, 0.2) is 0 Å². The van der Waals surface area contributed by atoms with Crippen LogP contribution in [-0.4, -0.2) is 52.3 Å². The van der Waals surface area contributed by atoms with Crippen molar-refractivity contribution in [2.45, 2.75) is 77.3 Å². The number of anilines is 1. The van der Waals surface area contributed by atoms with Crippen LogP contribution < -0.4 is 10.1 Å². The maximum absolute atomic E-state index is 15.3. The number of hydrogen-bond donors (Lipinski definition) is 1. The molecule has 2 atom stereocenters. The van der Waals surface area contributed by atoms with E-state index < -0.39 is 11.1 Å². The van der Waals surface area contributed by atoms with E-state index in [0.717, 1.165) is 16.8 Å². The van der Waals surface area contributed by atoms with Crippen molar-refractivity contribution >= 4 is 46.7 Å². The number of rotatable bonds is 8. The number of nitrogens with one attached hydrogen (secondary N) is 1. The van der Waals surface area contributed by atoms with E-state index in [-0.39, 0.29) is 29.1 Å². The lowest BCUT2D eigenvalue weighted by Gasteiger charge is -2.47. The lowest BCUT2D eigenvalue weighted by molar-refractivity contribution is -0.117. The highest BCUT2D eigenvalue weighted by Gasteiger charge is 2.60. The smallest absolute Gasteiger partial charge is 0.326 e. The molecule has 0 bridgehead atoms. The van der Waals surface area contributed by atoms with Crippen molar-refractivity contribution in [3.8, 4) is 5.75 Å². The summed E-state index contributed by atoms with van der Waals surface area (Å²) in [5, 5.41) is 4.03. The number of nitrogens with zero attached hydrogens (tertiary/aromatic N) is 4. The second-order valence-corrected chi connectivity index (χ2v) is 16.0. The van der Waals surface area contributed by atoms with E-state index >= 15 is 4.79 Å². The zero-order valence-corrected chi connectivity index (χ0v) is 32.6. The molecule has 0 spiro atoms. The van der Waals surface area contributed by atoms with Gasteiger partial charge in [-0.25, -0.2) is 9.18 Å². The van der Waals surface area contributed by atoms with Crippen molar-refractivity contribution in [1.29, 1.82) is 0 Å². The molecule has 0 unspecified atom stereocenters. The van der Waals surface area contributed by atoms with Crippen molar-refractivity contribution in [2.75, 3.05) is 25.0 Å². The number of urea groups is 1. The number of likely N-dealkylation sites (tertiary alicyclic amines) is 1. The summed E-state index contributed by atoms with van der Waals surface area (Å²) in [7, 11) is 0. The molecule has 1 saturated heterocycles. The van der Waals surface area contributed by atoms with Crippen LogP contribution in [0.25, 0.3) is 0 Å². The van der Waals surface area contributed by atoms with Crippen LogP contribution in [0.2, 0.25) is 10.0 Å². The Balaban J connectivity index is 1.40. The van der Waals surface area contributed by atoms with Gasteiger partial charge in [-0.1, -0.05) is 68.2 Å². The number of aromatic nitrogens is 1. The summed E-state index contributed by atoms with van der Waals surface area (Å²) in [5.41, 5.74) is 1.42. The Kier molecular flexibility index (Phi) is 10.9. The highest BCUT2D eigenvalue weighted by atomic mass is 35.5. The van der Waals surface area contributed by atoms with Gasteiger partial charge >= 0.3 is 6.03 Å². The third kappa shape index (κ3) is 7.64. The molecule has 8 nitrogen and oxygen atoms in total. The van der Waals surface area contributed by atoms with Gasteiger partial charge in [0.25, 0.3) is 0 Å². The highest BCUT2D eigenvalue weighted by Crippen LogP contribution is 2.54. The molecule has 2 aliphatic heterocycles. The van der Waals surface area contributed by atoms with Gasteiger partial charge in [0, 0.05) is 58.6 Å². The summed E-state index contributed by atoms with van der Waals surface area (Å²) < 4.78 is 19.6. The average Bonchev–Trinajstić information content (AvgIpc) is 3.37. The molecule has 0 saturated carbocycles. The first kappa shape index (κ1) is 38.3. The van der Waals surface area contributed by atoms with Crippen molar-refractivity contribution in [1.82, 2.24) is 14.8 Å². The number of ether oxygens (including phenoxy) is 1. The topological polar surface area (TPSA) is 87.1 Å². The molecular formula is C42H46Cl2FN5O3. The monoisotopic (exact) mass is 757 g/mol. The van der Waals surface area contributed by atoms with Crippen molar-refractivity contribution in [2.24, 2.45) is 10.9 Å². The number of hydrogen-bond acceptors (Lipinski definition) is 5. The highest BCUT2D eigenvalue weighted by molar-refractivity contribution is 6.30. The number of piperidine rings is 1. The number of amidine groups is 1. The van der Waals surface area contributed by atoms with Gasteiger partial charge in [0.1, 0.15) is 28.5 Å². The number of carbonyl (C=O) groups is 2. The predicted molar refractivity (Wildman–Crippen MR) is 209 cm³/mol. The number of aliphatic imine (C=N–C) groups is 1. The Hall–Kier alpha value is -4.47. The minimum atomic E-state index is -1.06. The number of carbonyl (C=O) groups excluding carboxylic acids is 2. The van der Waals surface area contributed by atoms with Crippen LogP contribution in [0.5, 0.6) is 5.75 Å². The lowest BCUT2D eigenvalue weighted by Crippen LogP contribution is -2.59. The molecule has 2 aliphatic rings. The van der Waals surface area contributed by atoms with Crippen LogP contribution in [0.15, 0.2) is 90.1 Å². The average molecular weight is 759 g/mol. The predicted octanol–water partition coefficient (Wildman–Crippen LogP) is 9.98. The SMILES string of the molecule is CCOc1cc(C(C)(C)C)ncc1C1=N[C@@](C)(c2ccc(Cl)cc2)[C@@](C)(c2ccc(Cl)cc2)N1C(=O)N1CCC(CC(=O)Nc2ccc(F)cc2)CC1. The quantitative estimate of drug-likeness (QED) is 0.194. The van der Waals surface area contributed by atoms with Gasteiger partial charge in [0.05, 0.1) is 12.2 Å². The third-order valence-corrected chi connectivity index (χ3v) is 11.1. The standard InChI is InChI=1S/C42H46Cl2FN5O3/c1-7-53-35-25-36(40(2,3)4)46-26-34(35)38-48-41(5,28-8-12-30(43)13-9-28)42(6,29-10-14-31(44)15-11-29)50(38)39(52)49-22-20-27(21-23-49)24-37(51)47-33-18-16-32(45)17-19-33/h8-19,25-27H,7,20-24H2,1-6H3,(H,47,51)/t41-,42+/m0/s1. The van der Waals surface area contributed by atoms with Crippen LogP contribution in [0.4, 0.5) is 14.9 Å². The Bertz CT molecular complexity index is 1990. The molecule has 0 radical (unpaired) electrons. The van der Waals surface area contributed by atoms with Crippen molar-refractivity contribution in [3.63, 3.8) is 0 Å². The zero-order valence-electron chi connectivity index (χ0n) is 31.1. The van der Waals surface area contributed by atoms with Gasteiger partial charge in [-0.05, 0) is 99.2 Å². The minimum absolute atomic E-state index is 0.0758. The van der Waals surface area contributed by atoms with E-state index in [9.17, 15) is 9.18 Å². The number of amides is 3. The maximum atomic E-state index is 15.3. The Morgan fingerprint density at radius 3 is 2.08 bits per heavy atom. The van der Waals surface area contributed by atoms with Crippen LogP contribution in [0, 0.1) is 11.7 Å². The lowest BCUT2D eigenvalue weighted by atomic mass is 9.71. The van der Waals surface area contributed by atoms with Crippen molar-refractivity contribution < 1.29 is 18.7 Å². The maximum Gasteiger partial charge on any atom is 0.326 e. The third-order valence-electron chi connectivity index (χ3n) is 10.6. The number of halogens is 3. The van der Waals surface area contributed by atoms with Gasteiger partial charge in [-0.2, -0.15) is 0 Å². The Morgan fingerprint density at radius 1 is 0.925 bits per heavy atom. The molecule has 53 heavy (non-hydrogen) atoms. The fourth-order valence-corrected chi connectivity index (χ4v) is 7.59. The summed E-state index contributed by atoms with van der Waals surface area (Å²) in [4.78, 5) is 42.2. The molecule has 11 heteroatoms. The fraction of sp³-hybridized carbons (Fsp3) is 0.381. The first-order valence-corrected chi connectivity index (χ1v) is 18.8. The van der Waals surface area contributed by atoms with Crippen LogP contribution in [-0.2, 0) is 21.3 Å². The summed E-state index contributed by atoms with van der Waals surface area (Å²) >= 11 is 12.8.